The summed E-state index contributed by atoms with van der Waals surface area (Å²) >= 11 is 1.26. The van der Waals surface area contributed by atoms with Gasteiger partial charge in [0, 0.05) is 39.5 Å². The Bertz CT molecular complexity index is 1690. The molecule has 0 unspecified atom stereocenters. The third-order valence-corrected chi connectivity index (χ3v) is 6.97. The molecule has 0 aliphatic carbocycles. The molecule has 0 saturated carbocycles. The van der Waals surface area contributed by atoms with Crippen LogP contribution in [-0.2, 0) is 9.59 Å². The van der Waals surface area contributed by atoms with Gasteiger partial charge in [-0.2, -0.15) is 0 Å². The molecule has 11 heteroatoms. The topological polar surface area (TPSA) is 148 Å². The zero-order valence-corrected chi connectivity index (χ0v) is 23.7. The highest BCUT2D eigenvalue weighted by Crippen LogP contribution is 2.23. The van der Waals surface area contributed by atoms with Crippen molar-refractivity contribution in [2.75, 3.05) is 16.4 Å². The lowest BCUT2D eigenvalue weighted by Crippen LogP contribution is -2.30. The van der Waals surface area contributed by atoms with E-state index in [0.29, 0.717) is 33.0 Å². The number of amides is 3. The summed E-state index contributed by atoms with van der Waals surface area (Å²) < 4.78 is 0. The van der Waals surface area contributed by atoms with Crippen LogP contribution in [0.5, 0.6) is 0 Å². The summed E-state index contributed by atoms with van der Waals surface area (Å²) in [6.45, 7) is 1.47. The number of hydrogen-bond donors (Lipinski definition) is 3. The van der Waals surface area contributed by atoms with Crippen LogP contribution in [0.2, 0.25) is 0 Å². The molecule has 0 aromatic heterocycles. The van der Waals surface area contributed by atoms with Crippen LogP contribution < -0.4 is 16.0 Å². The quantitative estimate of drug-likeness (QED) is 0.0640. The van der Waals surface area contributed by atoms with E-state index in [1.807, 2.05) is 0 Å². The fourth-order valence-corrected chi connectivity index (χ4v) is 4.55. The standard InChI is InChI=1S/C32H26N4O6S/c1-21(37)23-12-14-25(15-13-23)33-30(38)20-43-28-9-5-8-26(19-28)34-32(40)29(35-31(39)24-6-3-2-4-7-24)18-22-10-16-27(17-11-22)36(41)42/h2-19H,20H2,1H3,(H,33,38)(H,34,40)(H,35,39)/b29-18+. The Balaban J connectivity index is 1.44. The number of nitrogens with one attached hydrogen (secondary N) is 3. The van der Waals surface area contributed by atoms with Crippen molar-refractivity contribution < 1.29 is 24.1 Å². The van der Waals surface area contributed by atoms with Crippen molar-refractivity contribution in [3.63, 3.8) is 0 Å². The number of rotatable bonds is 11. The Morgan fingerprint density at radius 3 is 2.14 bits per heavy atom. The summed E-state index contributed by atoms with van der Waals surface area (Å²) in [5.74, 6) is -1.32. The highest BCUT2D eigenvalue weighted by Gasteiger charge is 2.16. The molecule has 0 fully saturated rings. The Kier molecular flexibility index (Phi) is 10.2. The van der Waals surface area contributed by atoms with Gasteiger partial charge in [0.05, 0.1) is 10.7 Å². The van der Waals surface area contributed by atoms with Crippen molar-refractivity contribution in [2.24, 2.45) is 0 Å². The maximum absolute atomic E-state index is 13.3. The number of nitro benzene ring substituents is 1. The predicted molar refractivity (Wildman–Crippen MR) is 166 cm³/mol. The molecule has 4 aromatic rings. The van der Waals surface area contributed by atoms with E-state index in [-0.39, 0.29) is 28.8 Å². The maximum atomic E-state index is 13.3. The van der Waals surface area contributed by atoms with Gasteiger partial charge in [-0.25, -0.2) is 0 Å². The number of Topliss-reactive ketones (excluding diaryl/α,β-unsaturated/α-hetero) is 1. The number of nitrogens with zero attached hydrogens (tertiary/aromatic N) is 1. The van der Waals surface area contributed by atoms with Gasteiger partial charge in [-0.05, 0) is 85.3 Å². The number of nitro groups is 1. The lowest BCUT2D eigenvalue weighted by atomic mass is 10.1. The summed E-state index contributed by atoms with van der Waals surface area (Å²) in [5, 5.41) is 19.2. The molecule has 0 spiro atoms. The molecule has 0 atom stereocenters. The molecule has 4 aromatic carbocycles. The minimum Gasteiger partial charge on any atom is -0.325 e. The lowest BCUT2D eigenvalue weighted by Gasteiger charge is -2.12. The highest BCUT2D eigenvalue weighted by molar-refractivity contribution is 8.00. The summed E-state index contributed by atoms with van der Waals surface area (Å²) in [7, 11) is 0. The molecule has 216 valence electrons. The van der Waals surface area contributed by atoms with Crippen molar-refractivity contribution in [3.8, 4) is 0 Å². The third-order valence-electron chi connectivity index (χ3n) is 5.98. The second-order valence-electron chi connectivity index (χ2n) is 9.18. The minimum atomic E-state index is -0.614. The SMILES string of the molecule is CC(=O)c1ccc(NC(=O)CSc2cccc(NC(=O)/C(=C\c3ccc([N+](=O)[O-])cc3)NC(=O)c3ccccc3)c2)cc1. The molecule has 0 saturated heterocycles. The molecule has 0 heterocycles. The van der Waals surface area contributed by atoms with E-state index in [4.69, 9.17) is 0 Å². The van der Waals surface area contributed by atoms with Crippen LogP contribution in [0.1, 0.15) is 33.2 Å². The summed E-state index contributed by atoms with van der Waals surface area (Å²) in [5.41, 5.74) is 2.19. The molecular formula is C32H26N4O6S. The van der Waals surface area contributed by atoms with E-state index in [9.17, 15) is 29.3 Å². The Labute approximate surface area is 251 Å². The summed E-state index contributed by atoms with van der Waals surface area (Å²) in [6.07, 6.45) is 1.42. The van der Waals surface area contributed by atoms with Gasteiger partial charge in [-0.3, -0.25) is 29.3 Å². The first-order valence-electron chi connectivity index (χ1n) is 13.0. The van der Waals surface area contributed by atoms with Gasteiger partial charge < -0.3 is 16.0 Å². The molecule has 0 bridgehead atoms. The van der Waals surface area contributed by atoms with Crippen LogP contribution in [-0.4, -0.2) is 34.2 Å². The molecule has 0 radical (unpaired) electrons. The summed E-state index contributed by atoms with van der Waals surface area (Å²) in [6, 6.07) is 27.4. The number of benzene rings is 4. The molecular weight excluding hydrogens is 568 g/mol. The van der Waals surface area contributed by atoms with Gasteiger partial charge in [-0.1, -0.05) is 24.3 Å². The van der Waals surface area contributed by atoms with Crippen molar-refractivity contribution in [3.05, 3.63) is 136 Å². The van der Waals surface area contributed by atoms with Gasteiger partial charge >= 0.3 is 0 Å². The van der Waals surface area contributed by atoms with Gasteiger partial charge in [0.2, 0.25) is 5.91 Å². The number of thioether (sulfide) groups is 1. The fraction of sp³-hybridized carbons (Fsp3) is 0.0625. The number of carbonyl (C=O) groups is 4. The summed E-state index contributed by atoms with van der Waals surface area (Å²) in [4.78, 5) is 61.2. The zero-order valence-electron chi connectivity index (χ0n) is 22.9. The average molecular weight is 595 g/mol. The van der Waals surface area contributed by atoms with Crippen LogP contribution in [0, 0.1) is 10.1 Å². The van der Waals surface area contributed by atoms with E-state index in [0.717, 1.165) is 0 Å². The second kappa shape index (κ2) is 14.4. The highest BCUT2D eigenvalue weighted by atomic mass is 32.2. The van der Waals surface area contributed by atoms with Crippen LogP contribution in [0.15, 0.2) is 114 Å². The van der Waals surface area contributed by atoms with Gasteiger partial charge in [0.25, 0.3) is 17.5 Å². The third kappa shape index (κ3) is 8.97. The average Bonchev–Trinajstić information content (AvgIpc) is 3.01. The Morgan fingerprint density at radius 2 is 1.49 bits per heavy atom. The van der Waals surface area contributed by atoms with Gasteiger partial charge in [-0.15, -0.1) is 11.8 Å². The van der Waals surface area contributed by atoms with Crippen molar-refractivity contribution in [1.29, 1.82) is 0 Å². The van der Waals surface area contributed by atoms with Crippen molar-refractivity contribution in [1.82, 2.24) is 5.32 Å². The van der Waals surface area contributed by atoms with Crippen LogP contribution in [0.25, 0.3) is 6.08 Å². The predicted octanol–water partition coefficient (Wildman–Crippen LogP) is 5.94. The van der Waals surface area contributed by atoms with Crippen molar-refractivity contribution in [2.45, 2.75) is 11.8 Å². The molecule has 43 heavy (non-hydrogen) atoms. The number of non-ortho nitro benzene ring substituents is 1. The van der Waals surface area contributed by atoms with Crippen LogP contribution in [0.3, 0.4) is 0 Å². The molecule has 4 rings (SSSR count). The minimum absolute atomic E-state index is 0.0621. The smallest absolute Gasteiger partial charge is 0.272 e. The van der Waals surface area contributed by atoms with Crippen molar-refractivity contribution >= 4 is 58.4 Å². The van der Waals surface area contributed by atoms with E-state index < -0.39 is 16.7 Å². The Hall–Kier alpha value is -5.55. The van der Waals surface area contributed by atoms with E-state index in [2.05, 4.69) is 16.0 Å². The zero-order chi connectivity index (χ0) is 30.8. The molecule has 0 aliphatic heterocycles. The lowest BCUT2D eigenvalue weighted by molar-refractivity contribution is -0.384. The number of hydrogen-bond acceptors (Lipinski definition) is 7. The number of anilines is 2. The van der Waals surface area contributed by atoms with E-state index in [1.165, 1.54) is 49.0 Å². The fourth-order valence-electron chi connectivity index (χ4n) is 3.80. The Morgan fingerprint density at radius 1 is 0.791 bits per heavy atom. The number of ketones is 1. The van der Waals surface area contributed by atoms with E-state index >= 15 is 0 Å². The molecule has 3 amide bonds. The van der Waals surface area contributed by atoms with Crippen LogP contribution in [0.4, 0.5) is 17.1 Å². The second-order valence-corrected chi connectivity index (χ2v) is 10.2. The van der Waals surface area contributed by atoms with E-state index in [1.54, 1.807) is 78.9 Å². The molecule has 10 nitrogen and oxygen atoms in total. The van der Waals surface area contributed by atoms with Crippen LogP contribution >= 0.6 is 11.8 Å². The molecule has 3 N–H and O–H groups in total. The molecule has 0 aliphatic rings. The normalized spacial score (nSPS) is 10.9. The first-order chi connectivity index (χ1) is 20.7. The number of carbonyl (C=O) groups excluding carboxylic acids is 4. The largest absolute Gasteiger partial charge is 0.325 e. The van der Waals surface area contributed by atoms with Gasteiger partial charge in [0.15, 0.2) is 5.78 Å². The first-order valence-corrected chi connectivity index (χ1v) is 13.9. The van der Waals surface area contributed by atoms with Gasteiger partial charge in [0.1, 0.15) is 5.70 Å². The monoisotopic (exact) mass is 594 g/mol. The first kappa shape index (κ1) is 30.4. The maximum Gasteiger partial charge on any atom is 0.272 e.